The summed E-state index contributed by atoms with van der Waals surface area (Å²) in [6, 6.07) is 0.680. The summed E-state index contributed by atoms with van der Waals surface area (Å²) in [6.45, 7) is 9.12. The average molecular weight is 297 g/mol. The van der Waals surface area contributed by atoms with Gasteiger partial charge in [0.2, 0.25) is 0 Å². The Morgan fingerprint density at radius 1 is 1.14 bits per heavy atom. The Balaban J connectivity index is 1.93. The van der Waals surface area contributed by atoms with Gasteiger partial charge >= 0.3 is 0 Å². The Bertz CT molecular complexity index is 287. The van der Waals surface area contributed by atoms with Crippen LogP contribution in [0.1, 0.15) is 72.1 Å². The highest BCUT2D eigenvalue weighted by Crippen LogP contribution is 2.52. The van der Waals surface area contributed by atoms with Crippen molar-refractivity contribution in [3.63, 3.8) is 0 Å². The average Bonchev–Trinajstić information content (AvgIpc) is 2.76. The molecule has 0 bridgehead atoms. The largest absolute Gasteiger partial charge is 0.379 e. The first-order chi connectivity index (χ1) is 10.2. The van der Waals surface area contributed by atoms with Crippen LogP contribution in [0, 0.1) is 5.41 Å². The molecule has 21 heavy (non-hydrogen) atoms. The zero-order chi connectivity index (χ0) is 15.1. The van der Waals surface area contributed by atoms with E-state index in [4.69, 9.17) is 9.47 Å². The van der Waals surface area contributed by atoms with Crippen molar-refractivity contribution in [2.24, 2.45) is 5.41 Å². The maximum Gasteiger partial charge on any atom is 0.0784 e. The highest BCUT2D eigenvalue weighted by Gasteiger charge is 2.55. The van der Waals surface area contributed by atoms with Crippen LogP contribution in [0.3, 0.4) is 0 Å². The predicted octanol–water partition coefficient (Wildman–Crippen LogP) is 3.91. The van der Waals surface area contributed by atoms with Crippen molar-refractivity contribution in [3.8, 4) is 0 Å². The quantitative estimate of drug-likeness (QED) is 0.737. The Labute approximate surface area is 131 Å². The van der Waals surface area contributed by atoms with Gasteiger partial charge in [0.1, 0.15) is 0 Å². The van der Waals surface area contributed by atoms with Crippen LogP contribution in [0.15, 0.2) is 0 Å². The molecule has 2 rings (SSSR count). The summed E-state index contributed by atoms with van der Waals surface area (Å²) in [5, 5.41) is 3.79. The van der Waals surface area contributed by atoms with Gasteiger partial charge in [-0.15, -0.1) is 0 Å². The van der Waals surface area contributed by atoms with Crippen molar-refractivity contribution < 1.29 is 9.47 Å². The first-order valence-electron chi connectivity index (χ1n) is 9.19. The molecule has 0 radical (unpaired) electrons. The number of hydrogen-bond acceptors (Lipinski definition) is 3. The fraction of sp³-hybridized carbons (Fsp3) is 1.00. The van der Waals surface area contributed by atoms with Crippen LogP contribution in [0.5, 0.6) is 0 Å². The molecule has 3 heteroatoms. The molecule has 2 aliphatic rings. The summed E-state index contributed by atoms with van der Waals surface area (Å²) < 4.78 is 11.9. The van der Waals surface area contributed by atoms with Crippen molar-refractivity contribution in [1.29, 1.82) is 0 Å². The summed E-state index contributed by atoms with van der Waals surface area (Å²) in [6.07, 6.45) is 11.3. The van der Waals surface area contributed by atoms with Gasteiger partial charge in [0.05, 0.1) is 18.8 Å². The van der Waals surface area contributed by atoms with Gasteiger partial charge in [-0.1, -0.05) is 32.6 Å². The molecular weight excluding hydrogens is 262 g/mol. The van der Waals surface area contributed by atoms with Crippen molar-refractivity contribution in [1.82, 2.24) is 5.32 Å². The van der Waals surface area contributed by atoms with Crippen molar-refractivity contribution >= 4 is 0 Å². The molecule has 3 nitrogen and oxygen atoms in total. The molecule has 0 amide bonds. The molecule has 0 aromatic rings. The van der Waals surface area contributed by atoms with Crippen molar-refractivity contribution in [3.05, 3.63) is 0 Å². The zero-order valence-corrected chi connectivity index (χ0v) is 14.3. The van der Waals surface area contributed by atoms with Crippen LogP contribution in [0.4, 0.5) is 0 Å². The van der Waals surface area contributed by atoms with E-state index in [1.165, 1.54) is 51.4 Å². The van der Waals surface area contributed by atoms with E-state index in [9.17, 15) is 0 Å². The van der Waals surface area contributed by atoms with Crippen LogP contribution in [0.25, 0.3) is 0 Å². The maximum absolute atomic E-state index is 6.38. The third kappa shape index (κ3) is 4.20. The minimum absolute atomic E-state index is 0.224. The Morgan fingerprint density at radius 2 is 1.86 bits per heavy atom. The molecule has 1 spiro atoms. The number of ether oxygens (including phenoxy) is 2. The highest BCUT2D eigenvalue weighted by atomic mass is 16.5. The minimum Gasteiger partial charge on any atom is -0.379 e. The Hall–Kier alpha value is -0.120. The number of rotatable bonds is 8. The lowest BCUT2D eigenvalue weighted by atomic mass is 9.57. The van der Waals surface area contributed by atoms with Crippen molar-refractivity contribution in [2.45, 2.75) is 90.4 Å². The Kier molecular flexibility index (Phi) is 6.97. The molecule has 3 unspecified atom stereocenters. The summed E-state index contributed by atoms with van der Waals surface area (Å²) in [4.78, 5) is 0. The fourth-order valence-electron chi connectivity index (χ4n) is 4.20. The van der Waals surface area contributed by atoms with Gasteiger partial charge in [0.15, 0.2) is 0 Å². The molecule has 2 fully saturated rings. The Morgan fingerprint density at radius 3 is 2.48 bits per heavy atom. The summed E-state index contributed by atoms with van der Waals surface area (Å²) >= 11 is 0. The molecule has 0 heterocycles. The van der Waals surface area contributed by atoms with E-state index in [0.717, 1.165) is 19.8 Å². The lowest BCUT2D eigenvalue weighted by Crippen LogP contribution is -2.64. The lowest BCUT2D eigenvalue weighted by molar-refractivity contribution is -0.175. The third-order valence-electron chi connectivity index (χ3n) is 5.41. The summed E-state index contributed by atoms with van der Waals surface area (Å²) in [7, 11) is 0. The van der Waals surface area contributed by atoms with Crippen LogP contribution in [-0.4, -0.2) is 38.0 Å². The van der Waals surface area contributed by atoms with Gasteiger partial charge in [0, 0.05) is 18.1 Å². The normalized spacial score (nSPS) is 29.9. The van der Waals surface area contributed by atoms with E-state index in [2.05, 4.69) is 19.2 Å². The standard InChI is InChI=1S/C18H35NO2/c1-4-12-19-16-13-17(21-15(3)14-20-5-2)18(16)10-8-6-7-9-11-18/h15-17,19H,4-14H2,1-3H3. The van der Waals surface area contributed by atoms with Gasteiger partial charge in [-0.05, 0) is 46.1 Å². The van der Waals surface area contributed by atoms with Crippen LogP contribution < -0.4 is 5.32 Å². The molecule has 0 saturated heterocycles. The van der Waals surface area contributed by atoms with E-state index < -0.39 is 0 Å². The topological polar surface area (TPSA) is 30.5 Å². The second-order valence-electron chi connectivity index (χ2n) is 6.98. The van der Waals surface area contributed by atoms with E-state index in [-0.39, 0.29) is 6.10 Å². The SMILES string of the molecule is CCCNC1CC(OC(C)COCC)C12CCCCCC2. The molecule has 0 aliphatic heterocycles. The monoisotopic (exact) mass is 297 g/mol. The van der Waals surface area contributed by atoms with E-state index in [0.29, 0.717) is 17.6 Å². The van der Waals surface area contributed by atoms with E-state index >= 15 is 0 Å². The molecule has 0 aromatic heterocycles. The van der Waals surface area contributed by atoms with Crippen molar-refractivity contribution in [2.75, 3.05) is 19.8 Å². The van der Waals surface area contributed by atoms with E-state index in [1.807, 2.05) is 6.92 Å². The first kappa shape index (κ1) is 17.2. The highest BCUT2D eigenvalue weighted by molar-refractivity contribution is 5.08. The predicted molar refractivity (Wildman–Crippen MR) is 87.7 cm³/mol. The second kappa shape index (κ2) is 8.50. The molecule has 1 N–H and O–H groups in total. The van der Waals surface area contributed by atoms with Crippen LogP contribution in [0.2, 0.25) is 0 Å². The van der Waals surface area contributed by atoms with Gasteiger partial charge in [-0.3, -0.25) is 0 Å². The molecule has 2 aliphatic carbocycles. The fourth-order valence-corrected chi connectivity index (χ4v) is 4.20. The smallest absolute Gasteiger partial charge is 0.0784 e. The summed E-state index contributed by atoms with van der Waals surface area (Å²) in [5.41, 5.74) is 0.409. The van der Waals surface area contributed by atoms with Gasteiger partial charge in [-0.25, -0.2) is 0 Å². The lowest BCUT2D eigenvalue weighted by Gasteiger charge is -2.57. The maximum atomic E-state index is 6.38. The van der Waals surface area contributed by atoms with Gasteiger partial charge in [-0.2, -0.15) is 0 Å². The molecule has 2 saturated carbocycles. The summed E-state index contributed by atoms with van der Waals surface area (Å²) in [5.74, 6) is 0. The first-order valence-corrected chi connectivity index (χ1v) is 9.19. The van der Waals surface area contributed by atoms with Crippen LogP contribution >= 0.6 is 0 Å². The van der Waals surface area contributed by atoms with Crippen LogP contribution in [-0.2, 0) is 9.47 Å². The molecular formula is C18H35NO2. The number of nitrogens with one attached hydrogen (secondary N) is 1. The third-order valence-corrected chi connectivity index (χ3v) is 5.41. The zero-order valence-electron chi connectivity index (χ0n) is 14.3. The van der Waals surface area contributed by atoms with E-state index in [1.54, 1.807) is 0 Å². The molecule has 0 aromatic carbocycles. The minimum atomic E-state index is 0.224. The van der Waals surface area contributed by atoms with Gasteiger partial charge in [0.25, 0.3) is 0 Å². The number of hydrogen-bond donors (Lipinski definition) is 1. The van der Waals surface area contributed by atoms with Gasteiger partial charge < -0.3 is 14.8 Å². The molecule has 124 valence electrons. The second-order valence-corrected chi connectivity index (χ2v) is 6.98. The molecule has 3 atom stereocenters.